The zero-order valence-corrected chi connectivity index (χ0v) is 2.79. The monoisotopic (exact) mass is 69.0 g/mol. The van der Waals surface area contributed by atoms with Crippen LogP contribution in [0.2, 0.25) is 0 Å². The van der Waals surface area contributed by atoms with Gasteiger partial charge in [0.15, 0.2) is 0 Å². The second-order valence-electron chi connectivity index (χ2n) is 0.224. The van der Waals surface area contributed by atoms with Gasteiger partial charge in [0.1, 0.15) is 0 Å². The Kier molecular flexibility index (Phi) is 2.50. The van der Waals surface area contributed by atoms with Crippen LogP contribution in [-0.4, -0.2) is 0 Å². The van der Waals surface area contributed by atoms with Crippen molar-refractivity contribution in [2.75, 3.05) is 0 Å². The fourth-order valence-electron chi connectivity index (χ4n) is 0. The molecular formula is C2NP. The van der Waals surface area contributed by atoms with Crippen LogP contribution in [0.15, 0.2) is 0 Å². The molecule has 0 spiro atoms. The van der Waals surface area contributed by atoms with Crippen molar-refractivity contribution >= 4 is 8.70 Å². The average molecular weight is 69.0 g/mol. The van der Waals surface area contributed by atoms with E-state index in [1.165, 1.54) is 0 Å². The Labute approximate surface area is 26.7 Å². The summed E-state index contributed by atoms with van der Waals surface area (Å²) >= 11 is 0. The molecule has 0 saturated heterocycles. The van der Waals surface area contributed by atoms with Gasteiger partial charge < -0.3 is 0 Å². The Morgan fingerprint density at radius 2 is 2.00 bits per heavy atom. The summed E-state index contributed by atoms with van der Waals surface area (Å²) in [6, 6.07) is 1.54. The molecule has 0 atom stereocenters. The van der Waals surface area contributed by atoms with E-state index >= 15 is 0 Å². The van der Waals surface area contributed by atoms with E-state index in [1.54, 1.807) is 6.07 Å². The first kappa shape index (κ1) is 3.70. The van der Waals surface area contributed by atoms with Gasteiger partial charge in [-0.1, -0.05) is 0 Å². The minimum atomic E-state index is 1.54. The molecule has 0 aliphatic heterocycles. The summed E-state index contributed by atoms with van der Waals surface area (Å²) < 4.78 is 0. The normalized spacial score (nSPS) is 2.50. The van der Waals surface area contributed by atoms with E-state index in [4.69, 9.17) is 5.26 Å². The molecule has 0 radical (unpaired) electrons. The van der Waals surface area contributed by atoms with Gasteiger partial charge in [-0.15, -0.1) is 0 Å². The number of hydrogen-bond donors (Lipinski definition) is 0. The Hall–Kier alpha value is -0.300. The van der Waals surface area contributed by atoms with Gasteiger partial charge in [0.2, 0.25) is 0 Å². The maximum absolute atomic E-state index is 7.44. The van der Waals surface area contributed by atoms with Crippen LogP contribution in [0.1, 0.15) is 0 Å². The van der Waals surface area contributed by atoms with Crippen LogP contribution in [0.5, 0.6) is 0 Å². The Morgan fingerprint density at radius 1 is 1.75 bits per heavy atom. The predicted molar refractivity (Wildman–Crippen MR) is 16.4 cm³/mol. The molecule has 0 N–H and O–H groups in total. The van der Waals surface area contributed by atoms with Gasteiger partial charge in [0.25, 0.3) is 0 Å². The third-order valence-electron chi connectivity index (χ3n) is 0.0500. The first-order chi connectivity index (χ1) is 1.91. The molecule has 1 nitrogen and oxygen atoms in total. The van der Waals surface area contributed by atoms with Crippen LogP contribution in [0.4, 0.5) is 0 Å². The van der Waals surface area contributed by atoms with Crippen LogP contribution in [-0.2, 0) is 0 Å². The number of hydrogen-bond acceptors (Lipinski definition) is 1. The molecule has 0 aromatic rings. The molecule has 4 heavy (non-hydrogen) atoms. The third kappa shape index (κ3) is 1.70. The molecule has 0 aromatic carbocycles. The van der Waals surface area contributed by atoms with Crippen molar-refractivity contribution < 1.29 is 0 Å². The fraction of sp³-hybridized carbons (Fsp3) is 0. The fourth-order valence-corrected chi connectivity index (χ4v) is 0. The van der Waals surface area contributed by atoms with Crippen molar-refractivity contribution in [3.63, 3.8) is 0 Å². The Morgan fingerprint density at radius 3 is 2.00 bits per heavy atom. The van der Waals surface area contributed by atoms with E-state index in [0.29, 0.717) is 0 Å². The van der Waals surface area contributed by atoms with Crippen molar-refractivity contribution in [3.8, 4) is 11.7 Å². The standard InChI is InChI=1S/C2NP/c3-1-2-4. The second kappa shape index (κ2) is 2.70. The van der Waals surface area contributed by atoms with Crippen molar-refractivity contribution in [1.82, 2.24) is 0 Å². The van der Waals surface area contributed by atoms with Crippen LogP contribution in [0.25, 0.3) is 0 Å². The van der Waals surface area contributed by atoms with Crippen LogP contribution < -0.4 is 0 Å². The SMILES string of the molecule is N#CC#P. The predicted octanol–water partition coefficient (Wildman–Crippen LogP) is 0.880. The molecule has 0 unspecified atom stereocenters. The molecule has 0 heterocycles. The van der Waals surface area contributed by atoms with Gasteiger partial charge in [-0.3, -0.25) is 0 Å². The van der Waals surface area contributed by atoms with E-state index in [0.717, 1.165) is 0 Å². The Bertz CT molecular complexity index is 61.0. The molecule has 0 aliphatic carbocycles. The number of nitriles is 1. The second-order valence-corrected chi connectivity index (χ2v) is 0.447. The van der Waals surface area contributed by atoms with Gasteiger partial charge in [-0.05, 0) is 0 Å². The van der Waals surface area contributed by atoms with E-state index in [2.05, 4.69) is 8.70 Å². The zero-order valence-electron chi connectivity index (χ0n) is 1.89. The summed E-state index contributed by atoms with van der Waals surface area (Å²) in [4.78, 5) is 0. The molecule has 0 amide bonds. The molecular weight excluding hydrogens is 69.0 g/mol. The van der Waals surface area contributed by atoms with E-state index in [9.17, 15) is 0 Å². The molecule has 0 fully saturated rings. The first-order valence-corrected chi connectivity index (χ1v) is 1.14. The van der Waals surface area contributed by atoms with Gasteiger partial charge in [0.05, 0.1) is 0 Å². The zero-order chi connectivity index (χ0) is 3.41. The maximum atomic E-state index is 7.44. The Balaban J connectivity index is 3.14. The molecule has 2 heteroatoms. The quantitative estimate of drug-likeness (QED) is 0.387. The number of rotatable bonds is 0. The van der Waals surface area contributed by atoms with Crippen LogP contribution >= 0.6 is 8.70 Å². The topological polar surface area (TPSA) is 23.8 Å². The molecule has 0 bridgehead atoms. The summed E-state index contributed by atoms with van der Waals surface area (Å²) in [5.41, 5.74) is 1.93. The third-order valence-corrected chi connectivity index (χ3v) is 0.150. The van der Waals surface area contributed by atoms with Crippen LogP contribution in [0, 0.1) is 17.0 Å². The summed E-state index contributed by atoms with van der Waals surface area (Å²) in [6.45, 7) is 0. The van der Waals surface area contributed by atoms with Gasteiger partial charge in [0, 0.05) is 0 Å². The van der Waals surface area contributed by atoms with E-state index < -0.39 is 0 Å². The summed E-state index contributed by atoms with van der Waals surface area (Å²) in [5.74, 6) is 0. The van der Waals surface area contributed by atoms with Crippen molar-refractivity contribution in [2.24, 2.45) is 0 Å². The van der Waals surface area contributed by atoms with Crippen molar-refractivity contribution in [3.05, 3.63) is 0 Å². The average Bonchev–Trinajstić information content (AvgIpc) is 1.37. The first-order valence-electron chi connectivity index (χ1n) is 0.697. The van der Waals surface area contributed by atoms with Gasteiger partial charge in [-0.2, -0.15) is 0 Å². The molecule has 0 aliphatic rings. The summed E-state index contributed by atoms with van der Waals surface area (Å²) in [6.07, 6.45) is 0. The minimum absolute atomic E-state index is 1.54. The molecule has 0 aromatic heterocycles. The molecule has 18 valence electrons. The van der Waals surface area contributed by atoms with Crippen molar-refractivity contribution in [1.29, 1.82) is 5.26 Å². The molecule has 0 saturated carbocycles. The van der Waals surface area contributed by atoms with E-state index in [-0.39, 0.29) is 0 Å². The van der Waals surface area contributed by atoms with E-state index in [1.807, 2.05) is 5.63 Å². The summed E-state index contributed by atoms with van der Waals surface area (Å²) in [7, 11) is 3.31. The van der Waals surface area contributed by atoms with Crippen molar-refractivity contribution in [2.45, 2.75) is 0 Å². The van der Waals surface area contributed by atoms with Gasteiger partial charge >= 0.3 is 25.7 Å². The number of nitrogens with zero attached hydrogens (tertiary/aromatic N) is 1. The molecule has 0 rings (SSSR count). The summed E-state index contributed by atoms with van der Waals surface area (Å²) in [5, 5.41) is 7.44. The van der Waals surface area contributed by atoms with Gasteiger partial charge in [-0.25, -0.2) is 0 Å². The van der Waals surface area contributed by atoms with Crippen LogP contribution in [0.3, 0.4) is 0 Å².